The normalized spacial score (nSPS) is 21.0. The standard InChI is InChI=1S/C13H19N/c1-13(2,3)10-6-4-9-5-7-12(14)11(9)8-10/h4,6,8,12H,5,7,14H2,1-3H3/t12-/m0/s1. The van der Waals surface area contributed by atoms with Gasteiger partial charge in [-0.1, -0.05) is 39.0 Å². The molecule has 0 bridgehead atoms. The van der Waals surface area contributed by atoms with Crippen LogP contribution >= 0.6 is 0 Å². The summed E-state index contributed by atoms with van der Waals surface area (Å²) in [5, 5.41) is 0. The van der Waals surface area contributed by atoms with Crippen molar-refractivity contribution in [1.82, 2.24) is 0 Å². The van der Waals surface area contributed by atoms with E-state index in [2.05, 4.69) is 39.0 Å². The van der Waals surface area contributed by atoms with Crippen LogP contribution in [0.3, 0.4) is 0 Å². The third kappa shape index (κ3) is 1.57. The molecule has 2 N–H and O–H groups in total. The van der Waals surface area contributed by atoms with Crippen LogP contribution in [0.5, 0.6) is 0 Å². The Hall–Kier alpha value is -0.820. The largest absolute Gasteiger partial charge is 0.324 e. The molecule has 1 atom stereocenters. The van der Waals surface area contributed by atoms with E-state index < -0.39 is 0 Å². The fourth-order valence-corrected chi connectivity index (χ4v) is 2.10. The molecule has 0 radical (unpaired) electrons. The van der Waals surface area contributed by atoms with Crippen molar-refractivity contribution in [2.45, 2.75) is 45.1 Å². The average molecular weight is 189 g/mol. The molecule has 0 saturated heterocycles. The lowest BCUT2D eigenvalue weighted by atomic mass is 9.85. The van der Waals surface area contributed by atoms with Crippen LogP contribution in [0.15, 0.2) is 18.2 Å². The molecule has 1 heteroatoms. The fraction of sp³-hybridized carbons (Fsp3) is 0.538. The molecule has 1 aliphatic rings. The molecule has 1 aliphatic carbocycles. The molecule has 76 valence electrons. The predicted octanol–water partition coefficient (Wildman–Crippen LogP) is 2.93. The van der Waals surface area contributed by atoms with Crippen molar-refractivity contribution in [3.8, 4) is 0 Å². The summed E-state index contributed by atoms with van der Waals surface area (Å²) < 4.78 is 0. The molecule has 0 fully saturated rings. The summed E-state index contributed by atoms with van der Waals surface area (Å²) >= 11 is 0. The van der Waals surface area contributed by atoms with Crippen molar-refractivity contribution >= 4 is 0 Å². The smallest absolute Gasteiger partial charge is 0.0300 e. The lowest BCUT2D eigenvalue weighted by Gasteiger charge is -2.20. The van der Waals surface area contributed by atoms with Crippen molar-refractivity contribution in [1.29, 1.82) is 0 Å². The number of rotatable bonds is 0. The maximum Gasteiger partial charge on any atom is 0.0300 e. The van der Waals surface area contributed by atoms with Gasteiger partial charge in [-0.15, -0.1) is 0 Å². The molecule has 0 aliphatic heterocycles. The molecular formula is C13H19N. The van der Waals surface area contributed by atoms with E-state index in [4.69, 9.17) is 5.73 Å². The minimum atomic E-state index is 0.233. The second kappa shape index (κ2) is 3.09. The van der Waals surface area contributed by atoms with Gasteiger partial charge in [0.1, 0.15) is 0 Å². The summed E-state index contributed by atoms with van der Waals surface area (Å²) in [5.74, 6) is 0. The Morgan fingerprint density at radius 3 is 2.64 bits per heavy atom. The minimum absolute atomic E-state index is 0.233. The van der Waals surface area contributed by atoms with Crippen LogP contribution in [0.4, 0.5) is 0 Å². The number of nitrogens with two attached hydrogens (primary N) is 1. The first-order chi connectivity index (χ1) is 6.48. The lowest BCUT2D eigenvalue weighted by Crippen LogP contribution is -2.13. The maximum absolute atomic E-state index is 6.06. The lowest BCUT2D eigenvalue weighted by molar-refractivity contribution is 0.588. The van der Waals surface area contributed by atoms with Crippen LogP contribution < -0.4 is 5.73 Å². The molecule has 0 saturated carbocycles. The molecule has 0 amide bonds. The van der Waals surface area contributed by atoms with Gasteiger partial charge < -0.3 is 5.73 Å². The van der Waals surface area contributed by atoms with E-state index in [1.54, 1.807) is 0 Å². The highest BCUT2D eigenvalue weighted by Crippen LogP contribution is 2.33. The quantitative estimate of drug-likeness (QED) is 0.667. The molecule has 2 rings (SSSR count). The summed E-state index contributed by atoms with van der Waals surface area (Å²) in [6, 6.07) is 7.07. The fourth-order valence-electron chi connectivity index (χ4n) is 2.10. The molecular weight excluding hydrogens is 170 g/mol. The maximum atomic E-state index is 6.06. The van der Waals surface area contributed by atoms with Crippen LogP contribution in [0, 0.1) is 0 Å². The van der Waals surface area contributed by atoms with Crippen molar-refractivity contribution in [3.63, 3.8) is 0 Å². The SMILES string of the molecule is CC(C)(C)c1ccc2c(c1)[C@@H](N)CC2. The third-order valence-electron chi connectivity index (χ3n) is 3.14. The van der Waals surface area contributed by atoms with E-state index in [0.717, 1.165) is 12.8 Å². The highest BCUT2D eigenvalue weighted by Gasteiger charge is 2.22. The van der Waals surface area contributed by atoms with E-state index in [0.29, 0.717) is 0 Å². The zero-order chi connectivity index (χ0) is 10.3. The average Bonchev–Trinajstić information content (AvgIpc) is 2.46. The Morgan fingerprint density at radius 1 is 1.29 bits per heavy atom. The van der Waals surface area contributed by atoms with Crippen LogP contribution in [-0.2, 0) is 11.8 Å². The van der Waals surface area contributed by atoms with E-state index >= 15 is 0 Å². The number of aryl methyl sites for hydroxylation is 1. The first-order valence-corrected chi connectivity index (χ1v) is 5.37. The predicted molar refractivity (Wildman–Crippen MR) is 60.4 cm³/mol. The van der Waals surface area contributed by atoms with E-state index in [9.17, 15) is 0 Å². The Morgan fingerprint density at radius 2 is 2.00 bits per heavy atom. The molecule has 1 aromatic rings. The van der Waals surface area contributed by atoms with Crippen LogP contribution in [0.2, 0.25) is 0 Å². The molecule has 1 aromatic carbocycles. The van der Waals surface area contributed by atoms with Gasteiger partial charge in [-0.25, -0.2) is 0 Å². The van der Waals surface area contributed by atoms with Crippen LogP contribution in [-0.4, -0.2) is 0 Å². The van der Waals surface area contributed by atoms with Crippen molar-refractivity contribution in [3.05, 3.63) is 34.9 Å². The summed E-state index contributed by atoms with van der Waals surface area (Å²) in [4.78, 5) is 0. The van der Waals surface area contributed by atoms with E-state index in [-0.39, 0.29) is 11.5 Å². The summed E-state index contributed by atoms with van der Waals surface area (Å²) in [6.07, 6.45) is 2.27. The Kier molecular flexibility index (Phi) is 2.15. The molecule has 0 heterocycles. The van der Waals surface area contributed by atoms with Crippen molar-refractivity contribution < 1.29 is 0 Å². The zero-order valence-corrected chi connectivity index (χ0v) is 9.30. The third-order valence-corrected chi connectivity index (χ3v) is 3.14. The van der Waals surface area contributed by atoms with Gasteiger partial charge in [-0.05, 0) is 34.9 Å². The van der Waals surface area contributed by atoms with Gasteiger partial charge >= 0.3 is 0 Å². The highest BCUT2D eigenvalue weighted by molar-refractivity contribution is 5.39. The topological polar surface area (TPSA) is 26.0 Å². The van der Waals surface area contributed by atoms with Gasteiger partial charge in [0, 0.05) is 6.04 Å². The molecule has 0 spiro atoms. The van der Waals surface area contributed by atoms with Crippen LogP contribution in [0.1, 0.15) is 49.9 Å². The summed E-state index contributed by atoms with van der Waals surface area (Å²) in [6.45, 7) is 6.74. The van der Waals surface area contributed by atoms with E-state index in [1.807, 2.05) is 0 Å². The van der Waals surface area contributed by atoms with Gasteiger partial charge in [0.15, 0.2) is 0 Å². The molecule has 1 nitrogen and oxygen atoms in total. The summed E-state index contributed by atoms with van der Waals surface area (Å²) in [7, 11) is 0. The second-order valence-corrected chi connectivity index (χ2v) is 5.31. The van der Waals surface area contributed by atoms with E-state index in [1.165, 1.54) is 16.7 Å². The summed E-state index contributed by atoms with van der Waals surface area (Å²) in [5.41, 5.74) is 10.5. The molecule has 14 heavy (non-hydrogen) atoms. The van der Waals surface area contributed by atoms with Crippen molar-refractivity contribution in [2.75, 3.05) is 0 Å². The van der Waals surface area contributed by atoms with Gasteiger partial charge in [-0.2, -0.15) is 0 Å². The van der Waals surface area contributed by atoms with Gasteiger partial charge in [0.2, 0.25) is 0 Å². The van der Waals surface area contributed by atoms with Gasteiger partial charge in [0.25, 0.3) is 0 Å². The monoisotopic (exact) mass is 189 g/mol. The first kappa shape index (κ1) is 9.72. The molecule has 0 unspecified atom stereocenters. The first-order valence-electron chi connectivity index (χ1n) is 5.37. The van der Waals surface area contributed by atoms with Gasteiger partial charge in [0.05, 0.1) is 0 Å². The number of benzene rings is 1. The second-order valence-electron chi connectivity index (χ2n) is 5.31. The highest BCUT2D eigenvalue weighted by atomic mass is 14.6. The number of hydrogen-bond acceptors (Lipinski definition) is 1. The minimum Gasteiger partial charge on any atom is -0.324 e. The molecule has 0 aromatic heterocycles. The Bertz CT molecular complexity index is 347. The Balaban J connectivity index is 2.45. The number of fused-ring (bicyclic) bond motifs is 1. The van der Waals surface area contributed by atoms with Gasteiger partial charge in [-0.3, -0.25) is 0 Å². The van der Waals surface area contributed by atoms with Crippen molar-refractivity contribution in [2.24, 2.45) is 5.73 Å². The zero-order valence-electron chi connectivity index (χ0n) is 9.30. The Labute approximate surface area is 86.3 Å². The van der Waals surface area contributed by atoms with Crippen LogP contribution in [0.25, 0.3) is 0 Å². The number of hydrogen-bond donors (Lipinski definition) is 1.